The van der Waals surface area contributed by atoms with Gasteiger partial charge in [-0.2, -0.15) is 0 Å². The molecule has 0 saturated carbocycles. The first-order chi connectivity index (χ1) is 22.1. The molecule has 0 saturated heterocycles. The quantitative estimate of drug-likeness (QED) is 0.204. The normalized spacial score (nSPS) is 12.8. The molecule has 0 radical (unpaired) electrons. The van der Waals surface area contributed by atoms with Crippen LogP contribution in [-0.4, -0.2) is 9.97 Å². The molecule has 214 valence electrons. The lowest BCUT2D eigenvalue weighted by atomic mass is 9.82. The summed E-state index contributed by atoms with van der Waals surface area (Å²) >= 11 is 0. The molecule has 8 rings (SSSR count). The summed E-state index contributed by atoms with van der Waals surface area (Å²) in [5.74, 6) is 0.714. The van der Waals surface area contributed by atoms with Crippen molar-refractivity contribution < 1.29 is 0 Å². The van der Waals surface area contributed by atoms with E-state index in [0.717, 1.165) is 33.6 Å². The molecule has 0 amide bonds. The summed E-state index contributed by atoms with van der Waals surface area (Å²) in [4.78, 5) is 10.2. The standard InChI is InChI=1S/C43H32N2/c1-43(2)38-23-12-11-22-36(38)37-27-32(24-25-39(37)43)35-21-10-9-20-34(35)31-18-13-19-33(26-31)42-44-40(29-14-5-3-6-15-29)28-41(45-42)30-16-7-4-8-17-30/h3-28H,1-2H3. The topological polar surface area (TPSA) is 25.8 Å². The molecule has 0 spiro atoms. The molecule has 7 aromatic rings. The maximum Gasteiger partial charge on any atom is 0.160 e. The maximum atomic E-state index is 5.08. The van der Waals surface area contributed by atoms with E-state index in [1.165, 1.54) is 38.9 Å². The van der Waals surface area contributed by atoms with Crippen LogP contribution in [0.2, 0.25) is 0 Å². The van der Waals surface area contributed by atoms with Gasteiger partial charge in [0.1, 0.15) is 0 Å². The molecule has 0 fully saturated rings. The van der Waals surface area contributed by atoms with E-state index in [-0.39, 0.29) is 5.41 Å². The van der Waals surface area contributed by atoms with Crippen molar-refractivity contribution in [3.63, 3.8) is 0 Å². The maximum absolute atomic E-state index is 5.08. The van der Waals surface area contributed by atoms with Gasteiger partial charge in [0.2, 0.25) is 0 Å². The van der Waals surface area contributed by atoms with E-state index in [4.69, 9.17) is 9.97 Å². The van der Waals surface area contributed by atoms with Crippen LogP contribution in [0.5, 0.6) is 0 Å². The van der Waals surface area contributed by atoms with Crippen LogP contribution in [0.1, 0.15) is 25.0 Å². The second-order valence-corrected chi connectivity index (χ2v) is 12.3. The van der Waals surface area contributed by atoms with Crippen LogP contribution < -0.4 is 0 Å². The van der Waals surface area contributed by atoms with E-state index in [1.807, 2.05) is 12.1 Å². The van der Waals surface area contributed by atoms with Crippen molar-refractivity contribution in [2.24, 2.45) is 0 Å². The lowest BCUT2D eigenvalue weighted by Gasteiger charge is -2.21. The van der Waals surface area contributed by atoms with Crippen molar-refractivity contribution >= 4 is 0 Å². The highest BCUT2D eigenvalue weighted by molar-refractivity contribution is 5.89. The Morgan fingerprint density at radius 1 is 0.356 bits per heavy atom. The Hall–Kier alpha value is -5.60. The molecular weight excluding hydrogens is 544 g/mol. The van der Waals surface area contributed by atoms with Gasteiger partial charge in [-0.3, -0.25) is 0 Å². The van der Waals surface area contributed by atoms with Crippen LogP contribution in [0.25, 0.3) is 67.3 Å². The molecule has 0 bridgehead atoms. The summed E-state index contributed by atoms with van der Waals surface area (Å²) in [7, 11) is 0. The largest absolute Gasteiger partial charge is 0.228 e. The Morgan fingerprint density at radius 2 is 0.844 bits per heavy atom. The number of rotatable bonds is 5. The lowest BCUT2D eigenvalue weighted by Crippen LogP contribution is -2.14. The van der Waals surface area contributed by atoms with Crippen molar-refractivity contribution in [1.82, 2.24) is 9.97 Å². The molecular formula is C43H32N2. The fourth-order valence-corrected chi connectivity index (χ4v) is 6.79. The third kappa shape index (κ3) is 4.76. The third-order valence-corrected chi connectivity index (χ3v) is 9.12. The number of aromatic nitrogens is 2. The minimum Gasteiger partial charge on any atom is -0.228 e. The molecule has 45 heavy (non-hydrogen) atoms. The number of hydrogen-bond acceptors (Lipinski definition) is 2. The Balaban J connectivity index is 1.24. The molecule has 0 unspecified atom stereocenters. The van der Waals surface area contributed by atoms with Gasteiger partial charge < -0.3 is 0 Å². The molecule has 1 aromatic heterocycles. The number of hydrogen-bond donors (Lipinski definition) is 0. The molecule has 0 N–H and O–H groups in total. The van der Waals surface area contributed by atoms with Crippen LogP contribution in [-0.2, 0) is 5.41 Å². The van der Waals surface area contributed by atoms with E-state index in [1.54, 1.807) is 0 Å². The molecule has 0 aliphatic heterocycles. The van der Waals surface area contributed by atoms with Crippen LogP contribution in [0.4, 0.5) is 0 Å². The predicted octanol–water partition coefficient (Wildman–Crippen LogP) is 11.1. The minimum atomic E-state index is -0.00873. The average Bonchev–Trinajstić information content (AvgIpc) is 3.34. The second kappa shape index (κ2) is 10.8. The number of nitrogens with zero attached hydrogens (tertiary/aromatic N) is 2. The summed E-state index contributed by atoms with van der Waals surface area (Å²) in [6, 6.07) is 55.9. The highest BCUT2D eigenvalue weighted by Gasteiger charge is 2.35. The van der Waals surface area contributed by atoms with Gasteiger partial charge in [-0.25, -0.2) is 9.97 Å². The minimum absolute atomic E-state index is 0.00873. The fourth-order valence-electron chi connectivity index (χ4n) is 6.79. The highest BCUT2D eigenvalue weighted by atomic mass is 14.9. The van der Waals surface area contributed by atoms with Crippen LogP contribution in [0, 0.1) is 0 Å². The van der Waals surface area contributed by atoms with E-state index in [0.29, 0.717) is 5.82 Å². The molecule has 1 aliphatic carbocycles. The van der Waals surface area contributed by atoms with E-state index in [9.17, 15) is 0 Å². The number of benzene rings is 6. The summed E-state index contributed by atoms with van der Waals surface area (Å²) < 4.78 is 0. The van der Waals surface area contributed by atoms with Crippen molar-refractivity contribution in [1.29, 1.82) is 0 Å². The monoisotopic (exact) mass is 576 g/mol. The molecule has 1 heterocycles. The average molecular weight is 577 g/mol. The molecule has 1 aliphatic rings. The first-order valence-corrected chi connectivity index (χ1v) is 15.5. The zero-order valence-electron chi connectivity index (χ0n) is 25.4. The van der Waals surface area contributed by atoms with Crippen molar-refractivity contribution in [2.45, 2.75) is 19.3 Å². The Kier molecular flexibility index (Phi) is 6.50. The number of fused-ring (bicyclic) bond motifs is 3. The zero-order chi connectivity index (χ0) is 30.4. The van der Waals surface area contributed by atoms with Gasteiger partial charge in [0, 0.05) is 22.1 Å². The SMILES string of the molecule is CC1(C)c2ccccc2-c2cc(-c3ccccc3-c3cccc(-c4nc(-c5ccccc5)cc(-c5ccccc5)n4)c3)ccc21. The highest BCUT2D eigenvalue weighted by Crippen LogP contribution is 2.50. The predicted molar refractivity (Wildman–Crippen MR) is 187 cm³/mol. The van der Waals surface area contributed by atoms with Gasteiger partial charge in [0.15, 0.2) is 5.82 Å². The first-order valence-electron chi connectivity index (χ1n) is 15.5. The second-order valence-electron chi connectivity index (χ2n) is 12.3. The van der Waals surface area contributed by atoms with Crippen LogP contribution in [0.3, 0.4) is 0 Å². The van der Waals surface area contributed by atoms with Crippen molar-refractivity contribution in [3.8, 4) is 67.3 Å². The third-order valence-electron chi connectivity index (χ3n) is 9.12. The van der Waals surface area contributed by atoms with Gasteiger partial charge in [-0.1, -0.05) is 153 Å². The summed E-state index contributed by atoms with van der Waals surface area (Å²) in [5.41, 5.74) is 15.1. The van der Waals surface area contributed by atoms with Crippen molar-refractivity contribution in [3.05, 3.63) is 169 Å². The van der Waals surface area contributed by atoms with Gasteiger partial charge >= 0.3 is 0 Å². The lowest BCUT2D eigenvalue weighted by molar-refractivity contribution is 0.660. The molecule has 2 nitrogen and oxygen atoms in total. The zero-order valence-corrected chi connectivity index (χ0v) is 25.4. The van der Waals surface area contributed by atoms with Gasteiger partial charge in [-0.05, 0) is 62.7 Å². The Morgan fingerprint density at radius 3 is 1.49 bits per heavy atom. The molecule has 0 atom stereocenters. The van der Waals surface area contributed by atoms with Crippen molar-refractivity contribution in [2.75, 3.05) is 0 Å². The fraction of sp³-hybridized carbons (Fsp3) is 0.0698. The van der Waals surface area contributed by atoms with E-state index < -0.39 is 0 Å². The molecule has 6 aromatic carbocycles. The smallest absolute Gasteiger partial charge is 0.160 e. The summed E-state index contributed by atoms with van der Waals surface area (Å²) in [5, 5.41) is 0. The van der Waals surface area contributed by atoms with E-state index >= 15 is 0 Å². The van der Waals surface area contributed by atoms with Gasteiger partial charge in [0.25, 0.3) is 0 Å². The van der Waals surface area contributed by atoms with Crippen LogP contribution >= 0.6 is 0 Å². The van der Waals surface area contributed by atoms with Gasteiger partial charge in [0.05, 0.1) is 11.4 Å². The Labute approximate surface area is 264 Å². The summed E-state index contributed by atoms with van der Waals surface area (Å²) in [6.07, 6.45) is 0. The van der Waals surface area contributed by atoms with Gasteiger partial charge in [-0.15, -0.1) is 0 Å². The molecule has 2 heteroatoms. The van der Waals surface area contributed by atoms with E-state index in [2.05, 4.69) is 159 Å². The Bertz CT molecular complexity index is 2120. The first kappa shape index (κ1) is 27.0. The summed E-state index contributed by atoms with van der Waals surface area (Å²) in [6.45, 7) is 4.66. The van der Waals surface area contributed by atoms with Crippen LogP contribution in [0.15, 0.2) is 158 Å².